The summed E-state index contributed by atoms with van der Waals surface area (Å²) in [5, 5.41) is 3.81. The number of nitrogens with zero attached hydrogens (tertiary/aromatic N) is 2. The molecule has 30 heavy (non-hydrogen) atoms. The van der Waals surface area contributed by atoms with Gasteiger partial charge in [0.25, 0.3) is 11.1 Å². The van der Waals surface area contributed by atoms with Gasteiger partial charge in [-0.2, -0.15) is 0 Å². The maximum atomic E-state index is 13.0. The molecule has 0 aliphatic carbocycles. The minimum absolute atomic E-state index is 0.160. The smallest absolute Gasteiger partial charge is 0.294 e. The predicted octanol–water partition coefficient (Wildman–Crippen LogP) is 4.65. The van der Waals surface area contributed by atoms with Crippen LogP contribution in [0.3, 0.4) is 0 Å². The van der Waals surface area contributed by atoms with E-state index in [1.54, 1.807) is 11.0 Å². The molecule has 5 rings (SSSR count). The zero-order chi connectivity index (χ0) is 20.7. The topological polar surface area (TPSA) is 57.7 Å². The number of fused-ring (bicyclic) bond motifs is 2. The largest absolute Gasteiger partial charge is 0.341 e. The van der Waals surface area contributed by atoms with Gasteiger partial charge in [-0.3, -0.25) is 19.3 Å². The highest BCUT2D eigenvalue weighted by atomic mass is 32.2. The number of thioether (sulfide) groups is 1. The van der Waals surface area contributed by atoms with Crippen molar-refractivity contribution in [1.82, 2.24) is 9.80 Å². The number of carbonyl (C=O) groups excluding carboxylic acids is 3. The lowest BCUT2D eigenvalue weighted by Crippen LogP contribution is -2.40. The van der Waals surface area contributed by atoms with Crippen molar-refractivity contribution in [3.05, 3.63) is 65.1 Å². The summed E-state index contributed by atoms with van der Waals surface area (Å²) >= 11 is 0.906. The van der Waals surface area contributed by atoms with Crippen molar-refractivity contribution in [2.75, 3.05) is 19.6 Å². The molecule has 5 nitrogen and oxygen atoms in total. The summed E-state index contributed by atoms with van der Waals surface area (Å²) in [6, 6.07) is 18.2. The van der Waals surface area contributed by atoms with E-state index in [0.29, 0.717) is 18.0 Å². The Morgan fingerprint density at radius 3 is 2.17 bits per heavy atom. The van der Waals surface area contributed by atoms with E-state index in [2.05, 4.69) is 6.07 Å². The third kappa shape index (κ3) is 3.27. The van der Waals surface area contributed by atoms with Crippen LogP contribution in [-0.2, 0) is 9.59 Å². The minimum atomic E-state index is -0.394. The zero-order valence-electron chi connectivity index (χ0n) is 16.3. The van der Waals surface area contributed by atoms with Gasteiger partial charge in [-0.25, -0.2) is 0 Å². The quantitative estimate of drug-likeness (QED) is 0.461. The van der Waals surface area contributed by atoms with E-state index in [9.17, 15) is 14.4 Å². The van der Waals surface area contributed by atoms with Crippen molar-refractivity contribution in [2.45, 2.75) is 12.8 Å². The number of hydrogen-bond acceptors (Lipinski definition) is 4. The fourth-order valence-electron chi connectivity index (χ4n) is 4.17. The minimum Gasteiger partial charge on any atom is -0.341 e. The first-order valence-corrected chi connectivity index (χ1v) is 10.9. The van der Waals surface area contributed by atoms with Crippen molar-refractivity contribution in [2.24, 2.45) is 0 Å². The molecule has 6 heteroatoms. The van der Waals surface area contributed by atoms with Crippen molar-refractivity contribution < 1.29 is 14.4 Å². The van der Waals surface area contributed by atoms with E-state index < -0.39 is 5.91 Å². The van der Waals surface area contributed by atoms with Gasteiger partial charge in [-0.1, -0.05) is 48.5 Å². The molecule has 150 valence electrons. The molecule has 0 radical (unpaired) electrons. The highest BCUT2D eigenvalue weighted by molar-refractivity contribution is 8.18. The average Bonchev–Trinajstić information content (AvgIpc) is 3.38. The summed E-state index contributed by atoms with van der Waals surface area (Å²) in [5.74, 6) is -0.554. The van der Waals surface area contributed by atoms with Gasteiger partial charge < -0.3 is 4.90 Å². The van der Waals surface area contributed by atoms with Crippen LogP contribution in [-0.4, -0.2) is 46.5 Å². The molecule has 3 aromatic carbocycles. The Hall–Kier alpha value is -3.12. The highest BCUT2D eigenvalue weighted by Crippen LogP contribution is 2.36. The Balaban J connectivity index is 1.53. The molecular weight excluding hydrogens is 396 g/mol. The molecule has 0 bridgehead atoms. The molecule has 2 saturated heterocycles. The molecule has 0 saturated carbocycles. The van der Waals surface area contributed by atoms with Crippen molar-refractivity contribution in [3.63, 3.8) is 0 Å². The third-order valence-corrected chi connectivity index (χ3v) is 6.62. The normalized spacial score (nSPS) is 18.3. The lowest BCUT2D eigenvalue weighted by Gasteiger charge is -2.18. The van der Waals surface area contributed by atoms with Crippen molar-refractivity contribution in [1.29, 1.82) is 0 Å². The fraction of sp³-hybridized carbons (Fsp3) is 0.208. The van der Waals surface area contributed by atoms with Gasteiger partial charge in [0.15, 0.2) is 0 Å². The van der Waals surface area contributed by atoms with Crippen LogP contribution >= 0.6 is 11.8 Å². The summed E-state index contributed by atoms with van der Waals surface area (Å²) in [6.07, 6.45) is 3.75. The first-order valence-electron chi connectivity index (χ1n) is 10.1. The highest BCUT2D eigenvalue weighted by Gasteiger charge is 2.37. The molecule has 2 aliphatic heterocycles. The maximum Gasteiger partial charge on any atom is 0.294 e. The first-order chi connectivity index (χ1) is 14.6. The molecule has 0 atom stereocenters. The first kappa shape index (κ1) is 18.9. The third-order valence-electron chi connectivity index (χ3n) is 5.71. The zero-order valence-corrected chi connectivity index (χ0v) is 17.2. The van der Waals surface area contributed by atoms with Crippen molar-refractivity contribution in [3.8, 4) is 0 Å². The number of likely N-dealkylation sites (tertiary alicyclic amines) is 1. The lowest BCUT2D eigenvalue weighted by molar-refractivity contribution is -0.135. The molecule has 3 aromatic rings. The van der Waals surface area contributed by atoms with Crippen LogP contribution in [0.5, 0.6) is 0 Å². The van der Waals surface area contributed by atoms with E-state index in [0.717, 1.165) is 56.6 Å². The van der Waals surface area contributed by atoms with Gasteiger partial charge in [0.05, 0.1) is 4.91 Å². The summed E-state index contributed by atoms with van der Waals surface area (Å²) in [7, 11) is 0. The Morgan fingerprint density at radius 1 is 0.933 bits per heavy atom. The van der Waals surface area contributed by atoms with E-state index >= 15 is 0 Å². The van der Waals surface area contributed by atoms with Gasteiger partial charge in [-0.05, 0) is 63.9 Å². The van der Waals surface area contributed by atoms with E-state index in [1.165, 1.54) is 0 Å². The average molecular weight is 417 g/mol. The molecule has 2 aliphatic rings. The summed E-state index contributed by atoms with van der Waals surface area (Å²) < 4.78 is 0. The number of benzene rings is 3. The number of imide groups is 1. The molecular formula is C24H20N2O3S. The van der Waals surface area contributed by atoms with Crippen LogP contribution in [0.25, 0.3) is 27.6 Å². The maximum absolute atomic E-state index is 13.0. The predicted molar refractivity (Wildman–Crippen MR) is 120 cm³/mol. The van der Waals surface area contributed by atoms with Crippen LogP contribution < -0.4 is 0 Å². The number of amides is 3. The van der Waals surface area contributed by atoms with Gasteiger partial charge in [0.2, 0.25) is 5.91 Å². The van der Waals surface area contributed by atoms with Gasteiger partial charge in [0.1, 0.15) is 6.54 Å². The Bertz CT molecular complexity index is 1170. The molecule has 0 aromatic heterocycles. The lowest BCUT2D eigenvalue weighted by atomic mass is 9.96. The summed E-state index contributed by atoms with van der Waals surface area (Å²) in [6.45, 7) is 1.22. The number of carbonyl (C=O) groups is 3. The Morgan fingerprint density at radius 2 is 1.53 bits per heavy atom. The van der Waals surface area contributed by atoms with Gasteiger partial charge in [0, 0.05) is 13.1 Å². The van der Waals surface area contributed by atoms with Crippen LogP contribution in [0.2, 0.25) is 0 Å². The summed E-state index contributed by atoms with van der Waals surface area (Å²) in [5.41, 5.74) is 0.917. The van der Waals surface area contributed by atoms with E-state index in [-0.39, 0.29) is 17.7 Å². The van der Waals surface area contributed by atoms with E-state index in [4.69, 9.17) is 0 Å². The summed E-state index contributed by atoms with van der Waals surface area (Å²) in [4.78, 5) is 41.1. The van der Waals surface area contributed by atoms with Gasteiger partial charge in [-0.15, -0.1) is 0 Å². The number of rotatable bonds is 3. The van der Waals surface area contributed by atoms with Crippen molar-refractivity contribution >= 4 is 56.4 Å². The second-order valence-electron chi connectivity index (χ2n) is 7.59. The van der Waals surface area contributed by atoms with Gasteiger partial charge >= 0.3 is 0 Å². The van der Waals surface area contributed by atoms with Crippen LogP contribution in [0.1, 0.15) is 18.4 Å². The van der Waals surface area contributed by atoms with Crippen LogP contribution in [0.15, 0.2) is 59.5 Å². The Kier molecular flexibility index (Phi) is 4.79. The molecule has 0 spiro atoms. The number of hydrogen-bond donors (Lipinski definition) is 0. The van der Waals surface area contributed by atoms with Crippen LogP contribution in [0, 0.1) is 0 Å². The standard InChI is InChI=1S/C24H20N2O3S/c27-22(25-11-5-6-12-25)15-26-23(28)21(30-24(26)29)14-20-18-9-3-1-7-16(18)13-17-8-2-4-10-19(17)20/h1-4,7-10,13-14H,5-6,11-12,15H2. The second-order valence-corrected chi connectivity index (χ2v) is 8.58. The molecule has 0 unspecified atom stereocenters. The fourth-order valence-corrected chi connectivity index (χ4v) is 4.99. The van der Waals surface area contributed by atoms with Crippen LogP contribution in [0.4, 0.5) is 4.79 Å². The SMILES string of the molecule is O=C(CN1C(=O)SC(=Cc2c3ccccc3cc3ccccc23)C1=O)N1CCCC1. The Labute approximate surface area is 178 Å². The monoisotopic (exact) mass is 416 g/mol. The second kappa shape index (κ2) is 7.61. The van der Waals surface area contributed by atoms with E-state index in [1.807, 2.05) is 48.5 Å². The molecule has 2 fully saturated rings. The molecule has 2 heterocycles. The molecule has 0 N–H and O–H groups in total. The molecule has 3 amide bonds.